The number of primary amides is 1. The van der Waals surface area contributed by atoms with E-state index >= 15 is 0 Å². The normalized spacial score (nSPS) is 10.4. The second-order valence-electron chi connectivity index (χ2n) is 3.68. The molecular formula is C12H18N2O2. The van der Waals surface area contributed by atoms with Crippen LogP contribution < -0.4 is 11.1 Å². The molecule has 0 aliphatic carbocycles. The molecule has 0 radical (unpaired) electrons. The summed E-state index contributed by atoms with van der Waals surface area (Å²) in [6, 6.07) is 5.49. The van der Waals surface area contributed by atoms with Crippen LogP contribution in [0.25, 0.3) is 0 Å². The summed E-state index contributed by atoms with van der Waals surface area (Å²) in [7, 11) is 1.68. The molecule has 0 aromatic heterocycles. The Kier molecular flexibility index (Phi) is 4.95. The quantitative estimate of drug-likeness (QED) is 0.701. The Morgan fingerprint density at radius 3 is 2.81 bits per heavy atom. The van der Waals surface area contributed by atoms with E-state index in [1.54, 1.807) is 13.2 Å². The number of benzene rings is 1. The first-order valence-corrected chi connectivity index (χ1v) is 5.24. The number of carbonyl (C=O) groups excluding carboxylic acids is 1. The van der Waals surface area contributed by atoms with Gasteiger partial charge in [-0.1, -0.05) is 6.07 Å². The first kappa shape index (κ1) is 12.7. The molecule has 0 spiro atoms. The van der Waals surface area contributed by atoms with Crippen molar-refractivity contribution in [2.45, 2.75) is 13.5 Å². The van der Waals surface area contributed by atoms with Gasteiger partial charge in [0, 0.05) is 25.8 Å². The molecule has 0 saturated heterocycles. The van der Waals surface area contributed by atoms with E-state index in [9.17, 15) is 4.79 Å². The van der Waals surface area contributed by atoms with Gasteiger partial charge in [0.1, 0.15) is 0 Å². The van der Waals surface area contributed by atoms with Crippen molar-refractivity contribution in [2.75, 3.05) is 20.3 Å². The van der Waals surface area contributed by atoms with Gasteiger partial charge in [0.2, 0.25) is 5.91 Å². The van der Waals surface area contributed by atoms with Crippen molar-refractivity contribution in [3.05, 3.63) is 34.9 Å². The number of methoxy groups -OCH3 is 1. The molecule has 88 valence electrons. The summed E-state index contributed by atoms with van der Waals surface area (Å²) in [6.07, 6.45) is 0. The maximum absolute atomic E-state index is 11.0. The van der Waals surface area contributed by atoms with E-state index < -0.39 is 0 Å². The molecule has 16 heavy (non-hydrogen) atoms. The third kappa shape index (κ3) is 3.64. The molecule has 0 fully saturated rings. The Morgan fingerprint density at radius 2 is 2.25 bits per heavy atom. The van der Waals surface area contributed by atoms with Crippen LogP contribution in [0.3, 0.4) is 0 Å². The molecule has 4 heteroatoms. The van der Waals surface area contributed by atoms with Crippen molar-refractivity contribution < 1.29 is 9.53 Å². The molecular weight excluding hydrogens is 204 g/mol. The number of ether oxygens (including phenoxy) is 1. The second-order valence-corrected chi connectivity index (χ2v) is 3.68. The Balaban J connectivity index is 2.57. The minimum atomic E-state index is -0.387. The number of aryl methyl sites for hydroxylation is 1. The number of nitrogens with two attached hydrogens (primary N) is 1. The molecule has 1 rings (SSSR count). The molecule has 0 aliphatic rings. The average molecular weight is 222 g/mol. The van der Waals surface area contributed by atoms with E-state index in [0.717, 1.165) is 18.7 Å². The molecule has 0 aliphatic heterocycles. The molecule has 3 N–H and O–H groups in total. The summed E-state index contributed by atoms with van der Waals surface area (Å²) < 4.78 is 4.94. The van der Waals surface area contributed by atoms with Crippen LogP contribution in [0.15, 0.2) is 18.2 Å². The van der Waals surface area contributed by atoms with Crippen molar-refractivity contribution in [3.63, 3.8) is 0 Å². The fraction of sp³-hybridized carbons (Fsp3) is 0.417. The lowest BCUT2D eigenvalue weighted by atomic mass is 10.0. The van der Waals surface area contributed by atoms with Crippen LogP contribution in [0.2, 0.25) is 0 Å². The SMILES string of the molecule is COCCNCc1ccc(C(N)=O)cc1C. The minimum Gasteiger partial charge on any atom is -0.383 e. The van der Waals surface area contributed by atoms with Gasteiger partial charge in [-0.25, -0.2) is 0 Å². The van der Waals surface area contributed by atoms with E-state index in [0.29, 0.717) is 12.2 Å². The van der Waals surface area contributed by atoms with Crippen LogP contribution >= 0.6 is 0 Å². The largest absolute Gasteiger partial charge is 0.383 e. The Labute approximate surface area is 95.8 Å². The van der Waals surface area contributed by atoms with Gasteiger partial charge >= 0.3 is 0 Å². The number of nitrogens with one attached hydrogen (secondary N) is 1. The molecule has 1 aromatic carbocycles. The van der Waals surface area contributed by atoms with Crippen molar-refractivity contribution in [1.82, 2.24) is 5.32 Å². The summed E-state index contributed by atoms with van der Waals surface area (Å²) in [5.41, 5.74) is 7.99. The van der Waals surface area contributed by atoms with Gasteiger partial charge in [-0.2, -0.15) is 0 Å². The Hall–Kier alpha value is -1.39. The highest BCUT2D eigenvalue weighted by Gasteiger charge is 2.03. The fourth-order valence-corrected chi connectivity index (χ4v) is 1.44. The summed E-state index contributed by atoms with van der Waals surface area (Å²) in [5.74, 6) is -0.387. The maximum atomic E-state index is 11.0. The van der Waals surface area contributed by atoms with Crippen molar-refractivity contribution >= 4 is 5.91 Å². The maximum Gasteiger partial charge on any atom is 0.248 e. The third-order valence-electron chi connectivity index (χ3n) is 2.43. The van der Waals surface area contributed by atoms with E-state index in [4.69, 9.17) is 10.5 Å². The summed E-state index contributed by atoms with van der Waals surface area (Å²) in [6.45, 7) is 4.25. The molecule has 0 unspecified atom stereocenters. The smallest absolute Gasteiger partial charge is 0.248 e. The van der Waals surface area contributed by atoms with Crippen molar-refractivity contribution in [1.29, 1.82) is 0 Å². The number of hydrogen-bond donors (Lipinski definition) is 2. The monoisotopic (exact) mass is 222 g/mol. The fourth-order valence-electron chi connectivity index (χ4n) is 1.44. The molecule has 0 atom stereocenters. The predicted molar refractivity (Wildman–Crippen MR) is 63.3 cm³/mol. The van der Waals surface area contributed by atoms with Crippen LogP contribution in [0.4, 0.5) is 0 Å². The van der Waals surface area contributed by atoms with Gasteiger partial charge < -0.3 is 15.8 Å². The van der Waals surface area contributed by atoms with Crippen molar-refractivity contribution in [2.24, 2.45) is 5.73 Å². The zero-order chi connectivity index (χ0) is 12.0. The molecule has 0 heterocycles. The summed E-state index contributed by atoms with van der Waals surface area (Å²) in [4.78, 5) is 11.0. The standard InChI is InChI=1S/C12H18N2O2/c1-9-7-10(12(13)15)3-4-11(9)8-14-5-6-16-2/h3-4,7,14H,5-6,8H2,1-2H3,(H2,13,15). The minimum absolute atomic E-state index is 0.387. The number of amides is 1. The molecule has 0 bridgehead atoms. The summed E-state index contributed by atoms with van der Waals surface area (Å²) >= 11 is 0. The van der Waals surface area contributed by atoms with E-state index in [1.807, 2.05) is 19.1 Å². The van der Waals surface area contributed by atoms with Crippen LogP contribution in [-0.4, -0.2) is 26.2 Å². The molecule has 1 aromatic rings. The van der Waals surface area contributed by atoms with Gasteiger partial charge in [0.15, 0.2) is 0 Å². The predicted octanol–water partition coefficient (Wildman–Crippen LogP) is 0.830. The Morgan fingerprint density at radius 1 is 1.50 bits per heavy atom. The third-order valence-corrected chi connectivity index (χ3v) is 2.43. The highest BCUT2D eigenvalue weighted by Crippen LogP contribution is 2.10. The number of hydrogen-bond acceptors (Lipinski definition) is 3. The molecule has 1 amide bonds. The van der Waals surface area contributed by atoms with Gasteiger partial charge in [-0.15, -0.1) is 0 Å². The Bertz CT molecular complexity index is 364. The lowest BCUT2D eigenvalue weighted by Gasteiger charge is -2.08. The first-order chi connectivity index (χ1) is 7.65. The molecule has 4 nitrogen and oxygen atoms in total. The van der Waals surface area contributed by atoms with E-state index in [2.05, 4.69) is 5.32 Å². The van der Waals surface area contributed by atoms with E-state index in [-0.39, 0.29) is 5.91 Å². The van der Waals surface area contributed by atoms with Crippen LogP contribution in [0.1, 0.15) is 21.5 Å². The topological polar surface area (TPSA) is 64.3 Å². The van der Waals surface area contributed by atoms with Crippen LogP contribution in [0.5, 0.6) is 0 Å². The van der Waals surface area contributed by atoms with Crippen LogP contribution in [-0.2, 0) is 11.3 Å². The lowest BCUT2D eigenvalue weighted by molar-refractivity contribution is 0.1000. The zero-order valence-corrected chi connectivity index (χ0v) is 9.75. The van der Waals surface area contributed by atoms with Crippen molar-refractivity contribution in [3.8, 4) is 0 Å². The summed E-state index contributed by atoms with van der Waals surface area (Å²) in [5, 5.41) is 3.25. The number of carbonyl (C=O) groups is 1. The second kappa shape index (κ2) is 6.25. The number of rotatable bonds is 6. The average Bonchev–Trinajstić information content (AvgIpc) is 2.26. The first-order valence-electron chi connectivity index (χ1n) is 5.24. The van der Waals surface area contributed by atoms with Gasteiger partial charge in [0.25, 0.3) is 0 Å². The van der Waals surface area contributed by atoms with Gasteiger partial charge in [-0.3, -0.25) is 4.79 Å². The lowest BCUT2D eigenvalue weighted by Crippen LogP contribution is -2.19. The highest BCUT2D eigenvalue weighted by atomic mass is 16.5. The van der Waals surface area contributed by atoms with Gasteiger partial charge in [-0.05, 0) is 30.2 Å². The van der Waals surface area contributed by atoms with Gasteiger partial charge in [0.05, 0.1) is 6.61 Å². The highest BCUT2D eigenvalue weighted by molar-refractivity contribution is 5.93. The van der Waals surface area contributed by atoms with E-state index in [1.165, 1.54) is 5.56 Å². The zero-order valence-electron chi connectivity index (χ0n) is 9.75. The molecule has 0 saturated carbocycles. The van der Waals surface area contributed by atoms with Crippen LogP contribution in [0, 0.1) is 6.92 Å².